The maximum atomic E-state index is 13.1. The van der Waals surface area contributed by atoms with E-state index in [9.17, 15) is 9.90 Å². The number of carbonyl (C=O) groups excluding carboxylic acids is 1. The molecule has 1 atom stereocenters. The highest BCUT2D eigenvalue weighted by atomic mass is 32.1. The van der Waals surface area contributed by atoms with E-state index in [1.54, 1.807) is 7.11 Å². The average molecular weight is 433 g/mol. The summed E-state index contributed by atoms with van der Waals surface area (Å²) in [4.78, 5) is 19.5. The summed E-state index contributed by atoms with van der Waals surface area (Å²) in [6.45, 7) is 5.04. The number of thiazole rings is 1. The van der Waals surface area contributed by atoms with E-state index < -0.39 is 0 Å². The molecule has 1 aliphatic rings. The zero-order valence-electron chi connectivity index (χ0n) is 18.1. The van der Waals surface area contributed by atoms with Crippen molar-refractivity contribution in [2.75, 3.05) is 7.11 Å². The minimum Gasteiger partial charge on any atom is -0.493 e. The van der Waals surface area contributed by atoms with Crippen LogP contribution in [0.4, 0.5) is 0 Å². The van der Waals surface area contributed by atoms with Crippen molar-refractivity contribution in [2.45, 2.75) is 71.8 Å². The van der Waals surface area contributed by atoms with Crippen LogP contribution in [0.25, 0.3) is 0 Å². The Hall–Kier alpha value is -2.12. The Labute approximate surface area is 182 Å². The number of aromatic nitrogens is 1. The predicted molar refractivity (Wildman–Crippen MR) is 118 cm³/mol. The number of hydrogen-bond donors (Lipinski definition) is 1. The van der Waals surface area contributed by atoms with Crippen molar-refractivity contribution in [3.63, 3.8) is 0 Å². The number of nitrogens with zero attached hydrogens (tertiary/aromatic N) is 2. The van der Waals surface area contributed by atoms with Crippen LogP contribution in [0.1, 0.15) is 62.2 Å². The number of rotatable bonds is 10. The van der Waals surface area contributed by atoms with Gasteiger partial charge in [0.2, 0.25) is 5.91 Å². The maximum Gasteiger partial charge on any atom is 0.226 e. The summed E-state index contributed by atoms with van der Waals surface area (Å²) in [6.07, 6.45) is 5.24. The molecule has 0 saturated heterocycles. The van der Waals surface area contributed by atoms with Crippen molar-refractivity contribution in [2.24, 2.45) is 5.92 Å². The summed E-state index contributed by atoms with van der Waals surface area (Å²) in [6, 6.07) is 6.03. The van der Waals surface area contributed by atoms with Crippen LogP contribution in [-0.2, 0) is 24.6 Å². The molecule has 1 aromatic carbocycles. The second kappa shape index (κ2) is 10.8. The molecule has 1 aliphatic carbocycles. The average Bonchev–Trinajstić information content (AvgIpc) is 3.47. The lowest BCUT2D eigenvalue weighted by molar-refractivity contribution is -0.138. The molecule has 1 saturated carbocycles. The quantitative estimate of drug-likeness (QED) is 0.597. The van der Waals surface area contributed by atoms with Gasteiger partial charge in [-0.25, -0.2) is 4.98 Å². The van der Waals surface area contributed by atoms with Gasteiger partial charge in [0.1, 0.15) is 11.6 Å². The van der Waals surface area contributed by atoms with Gasteiger partial charge in [-0.15, -0.1) is 11.3 Å². The van der Waals surface area contributed by atoms with Gasteiger partial charge in [0, 0.05) is 23.9 Å². The summed E-state index contributed by atoms with van der Waals surface area (Å²) in [5, 5.41) is 11.8. The number of ether oxygens (including phenoxy) is 2. The van der Waals surface area contributed by atoms with Gasteiger partial charge in [0.15, 0.2) is 11.5 Å². The first-order valence-electron chi connectivity index (χ1n) is 10.7. The summed E-state index contributed by atoms with van der Waals surface area (Å²) >= 11 is 1.46. The topological polar surface area (TPSA) is 71.9 Å². The van der Waals surface area contributed by atoms with Crippen molar-refractivity contribution < 1.29 is 19.4 Å². The molecular formula is C23H32N2O4S. The van der Waals surface area contributed by atoms with E-state index in [4.69, 9.17) is 9.47 Å². The molecule has 164 valence electrons. The minimum absolute atomic E-state index is 0.0736. The molecular weight excluding hydrogens is 400 g/mol. The van der Waals surface area contributed by atoms with Crippen molar-refractivity contribution >= 4 is 17.2 Å². The third-order valence-corrected chi connectivity index (χ3v) is 6.67. The second-order valence-electron chi connectivity index (χ2n) is 7.87. The van der Waals surface area contributed by atoms with Crippen LogP contribution in [0.2, 0.25) is 0 Å². The SMILES string of the molecule is CC[C@H](C)N(Cc1ccc(OC)c(OCc2nc(CO)cs2)c1)C(=O)C1CCCC1. The standard InChI is InChI=1S/C23H32N2O4S/c1-4-16(2)25(23(27)18-7-5-6-8-18)12-17-9-10-20(28-3)21(11-17)29-14-22-24-19(13-26)15-30-22/h9-11,15-16,18,26H,4-8,12-14H2,1-3H3/t16-/m0/s1. The monoisotopic (exact) mass is 432 g/mol. The molecule has 0 spiro atoms. The van der Waals surface area contributed by atoms with Crippen molar-refractivity contribution in [3.8, 4) is 11.5 Å². The smallest absolute Gasteiger partial charge is 0.226 e. The van der Waals surface area contributed by atoms with E-state index in [1.807, 2.05) is 28.5 Å². The maximum absolute atomic E-state index is 13.1. The highest BCUT2D eigenvalue weighted by Crippen LogP contribution is 2.32. The molecule has 1 heterocycles. The Bertz CT molecular complexity index is 832. The van der Waals surface area contributed by atoms with E-state index in [1.165, 1.54) is 11.3 Å². The fourth-order valence-corrected chi connectivity index (χ4v) is 4.53. The number of aliphatic hydroxyl groups is 1. The Balaban J connectivity index is 1.74. The molecule has 2 aromatic rings. The Morgan fingerprint density at radius 3 is 2.73 bits per heavy atom. The van der Waals surface area contributed by atoms with Crippen LogP contribution >= 0.6 is 11.3 Å². The number of benzene rings is 1. The van der Waals surface area contributed by atoms with Crippen LogP contribution in [-0.4, -0.2) is 34.0 Å². The largest absolute Gasteiger partial charge is 0.493 e. The lowest BCUT2D eigenvalue weighted by atomic mass is 10.0. The van der Waals surface area contributed by atoms with E-state index in [0.29, 0.717) is 30.3 Å². The third-order valence-electron chi connectivity index (χ3n) is 5.80. The van der Waals surface area contributed by atoms with Gasteiger partial charge in [-0.2, -0.15) is 0 Å². The van der Waals surface area contributed by atoms with Crippen molar-refractivity contribution in [1.82, 2.24) is 9.88 Å². The van der Waals surface area contributed by atoms with E-state index in [-0.39, 0.29) is 24.5 Å². The van der Waals surface area contributed by atoms with Gasteiger partial charge in [0.25, 0.3) is 0 Å². The summed E-state index contributed by atoms with van der Waals surface area (Å²) in [7, 11) is 1.62. The van der Waals surface area contributed by atoms with E-state index in [2.05, 4.69) is 18.8 Å². The highest BCUT2D eigenvalue weighted by Gasteiger charge is 2.29. The molecule has 7 heteroatoms. The number of methoxy groups -OCH3 is 1. The molecule has 6 nitrogen and oxygen atoms in total. The second-order valence-corrected chi connectivity index (χ2v) is 8.81. The van der Waals surface area contributed by atoms with E-state index in [0.717, 1.165) is 42.7 Å². The molecule has 1 fully saturated rings. The summed E-state index contributed by atoms with van der Waals surface area (Å²) in [5.74, 6) is 1.72. The van der Waals surface area contributed by atoms with Crippen LogP contribution in [0.3, 0.4) is 0 Å². The molecule has 3 rings (SSSR count). The van der Waals surface area contributed by atoms with Gasteiger partial charge < -0.3 is 19.5 Å². The molecule has 30 heavy (non-hydrogen) atoms. The lowest BCUT2D eigenvalue weighted by Gasteiger charge is -2.31. The third kappa shape index (κ3) is 5.52. The van der Waals surface area contributed by atoms with E-state index >= 15 is 0 Å². The Morgan fingerprint density at radius 2 is 2.10 bits per heavy atom. The van der Waals surface area contributed by atoms with Crippen LogP contribution in [0.5, 0.6) is 11.5 Å². The Kier molecular flexibility index (Phi) is 8.10. The zero-order chi connectivity index (χ0) is 21.5. The molecule has 1 amide bonds. The highest BCUT2D eigenvalue weighted by molar-refractivity contribution is 7.09. The number of carbonyl (C=O) groups is 1. The van der Waals surface area contributed by atoms with Crippen LogP contribution < -0.4 is 9.47 Å². The summed E-state index contributed by atoms with van der Waals surface area (Å²) < 4.78 is 11.4. The van der Waals surface area contributed by atoms with Crippen molar-refractivity contribution in [1.29, 1.82) is 0 Å². The molecule has 0 radical (unpaired) electrons. The van der Waals surface area contributed by atoms with Gasteiger partial charge in [-0.05, 0) is 43.9 Å². The van der Waals surface area contributed by atoms with Gasteiger partial charge in [0.05, 0.1) is 19.4 Å². The minimum atomic E-state index is -0.0736. The Morgan fingerprint density at radius 1 is 1.33 bits per heavy atom. The molecule has 0 unspecified atom stereocenters. The fraction of sp³-hybridized carbons (Fsp3) is 0.565. The molecule has 0 aliphatic heterocycles. The van der Waals surface area contributed by atoms with Crippen LogP contribution in [0, 0.1) is 5.92 Å². The lowest BCUT2D eigenvalue weighted by Crippen LogP contribution is -2.40. The first-order chi connectivity index (χ1) is 14.5. The van der Waals surface area contributed by atoms with Gasteiger partial charge in [-0.1, -0.05) is 25.8 Å². The first kappa shape index (κ1) is 22.6. The molecule has 1 N–H and O–H groups in total. The number of amides is 1. The molecule has 0 bridgehead atoms. The number of hydrogen-bond acceptors (Lipinski definition) is 6. The summed E-state index contributed by atoms with van der Waals surface area (Å²) in [5.41, 5.74) is 1.67. The number of aliphatic hydroxyl groups excluding tert-OH is 1. The van der Waals surface area contributed by atoms with Gasteiger partial charge in [-0.3, -0.25) is 4.79 Å². The fourth-order valence-electron chi connectivity index (χ4n) is 3.83. The molecule has 1 aromatic heterocycles. The van der Waals surface area contributed by atoms with Crippen LogP contribution in [0.15, 0.2) is 23.6 Å². The van der Waals surface area contributed by atoms with Crippen molar-refractivity contribution in [3.05, 3.63) is 39.8 Å². The van der Waals surface area contributed by atoms with Gasteiger partial charge >= 0.3 is 0 Å². The normalized spacial score (nSPS) is 15.2. The zero-order valence-corrected chi connectivity index (χ0v) is 18.9. The first-order valence-corrected chi connectivity index (χ1v) is 11.6. The predicted octanol–water partition coefficient (Wildman–Crippen LogP) is 4.54.